The molecular weight excluding hydrogens is 548 g/mol. The van der Waals surface area contributed by atoms with Crippen molar-refractivity contribution in [2.24, 2.45) is 29.1 Å². The number of carboxylic acid groups (broad SMARTS) is 1. The highest BCUT2D eigenvalue weighted by molar-refractivity contribution is 5.76. The van der Waals surface area contributed by atoms with Gasteiger partial charge in [0.05, 0.1) is 17.9 Å². The van der Waals surface area contributed by atoms with E-state index < -0.39 is 60.3 Å². The number of aliphatic hydroxyl groups excluding tert-OH is 3. The van der Waals surface area contributed by atoms with E-state index >= 15 is 0 Å². The first kappa shape index (κ1) is 32.6. The van der Waals surface area contributed by atoms with E-state index in [9.17, 15) is 34.8 Å². The van der Waals surface area contributed by atoms with Crippen LogP contribution in [0.1, 0.15) is 73.1 Å². The minimum absolute atomic E-state index is 0.0239. The van der Waals surface area contributed by atoms with Gasteiger partial charge >= 0.3 is 17.9 Å². The molecule has 42 heavy (non-hydrogen) atoms. The van der Waals surface area contributed by atoms with Gasteiger partial charge in [-0.2, -0.15) is 0 Å². The Bertz CT molecular complexity index is 1070. The summed E-state index contributed by atoms with van der Waals surface area (Å²) in [5, 5.41) is 39.7. The molecule has 0 aromatic carbocycles. The minimum atomic E-state index is -1.83. The average Bonchev–Trinajstić information content (AvgIpc) is 2.92. The molecule has 0 radical (unpaired) electrons. The lowest BCUT2D eigenvalue weighted by atomic mass is 9.65. The second-order valence-electron chi connectivity index (χ2n) is 13.1. The fourth-order valence-corrected chi connectivity index (χ4v) is 6.52. The van der Waals surface area contributed by atoms with E-state index in [0.717, 1.165) is 6.42 Å². The summed E-state index contributed by atoms with van der Waals surface area (Å²) < 4.78 is 22.8. The van der Waals surface area contributed by atoms with Crippen molar-refractivity contribution in [1.29, 1.82) is 0 Å². The van der Waals surface area contributed by atoms with Gasteiger partial charge in [-0.1, -0.05) is 39.0 Å². The maximum Gasteiger partial charge on any atom is 0.335 e. The zero-order valence-electron chi connectivity index (χ0n) is 25.0. The van der Waals surface area contributed by atoms with Crippen molar-refractivity contribution in [3.8, 4) is 0 Å². The molecule has 2 saturated heterocycles. The van der Waals surface area contributed by atoms with Crippen molar-refractivity contribution in [3.05, 3.63) is 23.8 Å². The molecule has 0 aromatic rings. The van der Waals surface area contributed by atoms with E-state index in [4.69, 9.17) is 18.9 Å². The predicted octanol–water partition coefficient (Wildman–Crippen LogP) is 2.50. The molecule has 236 valence electrons. The number of fused-ring (bicyclic) bond motifs is 1. The first-order chi connectivity index (χ1) is 19.7. The SMILES string of the molecule is CCC(C)(C)C(=O)O[C@@H]1C[C@H](C)C=C2C=C[C@@H](C)[C@@H](CC[C@@H]3C[C@H](OC4O[C@H](C(=O)O)[C@@H](O)[C@H](O)[C@H]4O)CC(=O)O3)[C@@H]21. The number of carbonyl (C=O) groups is 3. The van der Waals surface area contributed by atoms with Gasteiger partial charge in [0.15, 0.2) is 12.4 Å². The van der Waals surface area contributed by atoms with Crippen LogP contribution in [-0.2, 0) is 33.3 Å². The van der Waals surface area contributed by atoms with Gasteiger partial charge in [0.2, 0.25) is 0 Å². The number of allylic oxidation sites excluding steroid dienone is 3. The quantitative estimate of drug-likeness (QED) is 0.289. The van der Waals surface area contributed by atoms with Crippen molar-refractivity contribution < 1.29 is 53.8 Å². The highest BCUT2D eigenvalue weighted by Crippen LogP contribution is 2.46. The van der Waals surface area contributed by atoms with Crippen LogP contribution in [0.15, 0.2) is 23.8 Å². The number of carboxylic acids is 1. The van der Waals surface area contributed by atoms with Crippen LogP contribution in [0.4, 0.5) is 0 Å². The topological polar surface area (TPSA) is 169 Å². The molecule has 2 aliphatic carbocycles. The van der Waals surface area contributed by atoms with Crippen molar-refractivity contribution in [3.63, 3.8) is 0 Å². The summed E-state index contributed by atoms with van der Waals surface area (Å²) in [6.45, 7) is 10.0. The maximum absolute atomic E-state index is 13.1. The third-order valence-corrected chi connectivity index (χ3v) is 9.47. The summed E-state index contributed by atoms with van der Waals surface area (Å²) in [5.74, 6) is -1.55. The van der Waals surface area contributed by atoms with Crippen LogP contribution in [0.2, 0.25) is 0 Å². The molecule has 0 amide bonds. The van der Waals surface area contributed by atoms with Crippen molar-refractivity contribution in [2.45, 2.75) is 122 Å². The summed E-state index contributed by atoms with van der Waals surface area (Å²) in [6, 6.07) is 0. The van der Waals surface area contributed by atoms with Crippen LogP contribution >= 0.6 is 0 Å². The molecule has 0 spiro atoms. The molecular formula is C31H46O11. The van der Waals surface area contributed by atoms with E-state index in [1.807, 2.05) is 20.8 Å². The number of rotatable bonds is 9. The van der Waals surface area contributed by atoms with Crippen LogP contribution in [-0.4, -0.2) is 87.4 Å². The zero-order chi connectivity index (χ0) is 30.9. The van der Waals surface area contributed by atoms with Gasteiger partial charge in [-0.15, -0.1) is 0 Å². The Morgan fingerprint density at radius 3 is 2.45 bits per heavy atom. The Morgan fingerprint density at radius 1 is 1.07 bits per heavy atom. The molecule has 11 nitrogen and oxygen atoms in total. The molecule has 11 heteroatoms. The molecule has 4 aliphatic rings. The number of carbonyl (C=O) groups excluding carboxylic acids is 2. The summed E-state index contributed by atoms with van der Waals surface area (Å²) in [7, 11) is 0. The number of ether oxygens (including phenoxy) is 4. The normalized spacial score (nSPS) is 40.5. The second-order valence-corrected chi connectivity index (χ2v) is 13.1. The number of hydrogen-bond acceptors (Lipinski definition) is 10. The van der Waals surface area contributed by atoms with Crippen LogP contribution in [0, 0.1) is 29.1 Å². The molecule has 4 N–H and O–H groups in total. The maximum atomic E-state index is 13.1. The lowest BCUT2D eigenvalue weighted by Gasteiger charge is -2.44. The van der Waals surface area contributed by atoms with Crippen LogP contribution in [0.25, 0.3) is 0 Å². The number of cyclic esters (lactones) is 1. The number of aliphatic carboxylic acids is 1. The van der Waals surface area contributed by atoms with Crippen molar-refractivity contribution in [2.75, 3.05) is 0 Å². The molecule has 4 rings (SSSR count). The summed E-state index contributed by atoms with van der Waals surface area (Å²) >= 11 is 0. The van der Waals surface area contributed by atoms with Crippen LogP contribution in [0.5, 0.6) is 0 Å². The minimum Gasteiger partial charge on any atom is -0.479 e. The predicted molar refractivity (Wildman–Crippen MR) is 149 cm³/mol. The van der Waals surface area contributed by atoms with E-state index in [1.54, 1.807) is 0 Å². The smallest absolute Gasteiger partial charge is 0.335 e. The molecule has 0 bridgehead atoms. The van der Waals surface area contributed by atoms with Gasteiger partial charge in [0.25, 0.3) is 0 Å². The Labute approximate surface area is 246 Å². The van der Waals surface area contributed by atoms with E-state index in [1.165, 1.54) is 5.57 Å². The highest BCUT2D eigenvalue weighted by Gasteiger charge is 2.49. The number of esters is 2. The third kappa shape index (κ3) is 7.07. The molecule has 0 saturated carbocycles. The first-order valence-electron chi connectivity index (χ1n) is 15.1. The standard InChI is InChI=1S/C31H46O11/c1-6-31(4,5)30(38)41-21-12-15(2)11-17-8-7-16(3)20(23(17)21)10-9-18-13-19(14-22(32)39-18)40-29-26(35)24(33)25(34)27(42-29)28(36)37/h7-8,11,15-16,18-21,23-27,29,33-35H,6,9-10,12-14H2,1-5H3,(H,36,37)/t15-,16-,18-,19+,20-,21-,23-,24+,25+,26-,27+,29?/m1/s1. The Kier molecular flexibility index (Phi) is 10.2. The molecule has 12 atom stereocenters. The van der Waals surface area contributed by atoms with Gasteiger partial charge in [0, 0.05) is 12.3 Å². The third-order valence-electron chi connectivity index (χ3n) is 9.47. The number of aliphatic hydroxyl groups is 3. The van der Waals surface area contributed by atoms with Gasteiger partial charge in [0.1, 0.15) is 30.5 Å². The Morgan fingerprint density at radius 2 is 1.79 bits per heavy atom. The second kappa shape index (κ2) is 13.1. The molecule has 2 heterocycles. The zero-order valence-corrected chi connectivity index (χ0v) is 25.0. The highest BCUT2D eigenvalue weighted by atomic mass is 16.7. The van der Waals surface area contributed by atoms with Crippen LogP contribution < -0.4 is 0 Å². The van der Waals surface area contributed by atoms with Crippen LogP contribution in [0.3, 0.4) is 0 Å². The van der Waals surface area contributed by atoms with Gasteiger partial charge in [-0.05, 0) is 62.9 Å². The largest absolute Gasteiger partial charge is 0.479 e. The Balaban J connectivity index is 1.43. The average molecular weight is 595 g/mol. The first-order valence-corrected chi connectivity index (χ1v) is 15.1. The Hall–Kier alpha value is -2.31. The molecule has 0 aromatic heterocycles. The molecule has 2 fully saturated rings. The summed E-state index contributed by atoms with van der Waals surface area (Å²) in [4.78, 5) is 37.0. The van der Waals surface area contributed by atoms with Crippen molar-refractivity contribution in [1.82, 2.24) is 0 Å². The summed E-state index contributed by atoms with van der Waals surface area (Å²) in [6.07, 6.45) is -0.732. The van der Waals surface area contributed by atoms with Crippen molar-refractivity contribution >= 4 is 17.9 Å². The molecule has 2 aliphatic heterocycles. The monoisotopic (exact) mass is 594 g/mol. The van der Waals surface area contributed by atoms with E-state index in [-0.39, 0.29) is 42.2 Å². The van der Waals surface area contributed by atoms with Gasteiger partial charge in [-0.3, -0.25) is 9.59 Å². The lowest BCUT2D eigenvalue weighted by Crippen LogP contribution is -2.61. The van der Waals surface area contributed by atoms with E-state index in [0.29, 0.717) is 25.7 Å². The number of hydrogen-bond donors (Lipinski definition) is 4. The van der Waals surface area contributed by atoms with E-state index in [2.05, 4.69) is 32.1 Å². The fourth-order valence-electron chi connectivity index (χ4n) is 6.52. The van der Waals surface area contributed by atoms with Gasteiger partial charge < -0.3 is 39.4 Å². The lowest BCUT2D eigenvalue weighted by molar-refractivity contribution is -0.307. The van der Waals surface area contributed by atoms with Gasteiger partial charge in [-0.25, -0.2) is 4.79 Å². The fraction of sp³-hybridized carbons (Fsp3) is 0.774. The summed E-state index contributed by atoms with van der Waals surface area (Å²) in [5.41, 5.74) is 0.596. The molecule has 1 unspecified atom stereocenters.